The molecule has 0 saturated carbocycles. The second-order valence-corrected chi connectivity index (χ2v) is 7.24. The van der Waals surface area contributed by atoms with E-state index in [0.29, 0.717) is 17.8 Å². The monoisotopic (exact) mass is 395 g/mol. The lowest BCUT2D eigenvalue weighted by molar-refractivity contribution is 0.512. The summed E-state index contributed by atoms with van der Waals surface area (Å²) in [6.45, 7) is 6.24. The van der Waals surface area contributed by atoms with E-state index in [-0.39, 0.29) is 5.69 Å². The van der Waals surface area contributed by atoms with E-state index >= 15 is 0 Å². The summed E-state index contributed by atoms with van der Waals surface area (Å²) in [5, 5.41) is 9.80. The first kappa shape index (κ1) is 19.1. The molecule has 1 aromatic carbocycles. The summed E-state index contributed by atoms with van der Waals surface area (Å²) in [5.74, 6) is -0.828. The van der Waals surface area contributed by atoms with Crippen molar-refractivity contribution in [2.45, 2.75) is 25.7 Å². The molecule has 2 aromatic heterocycles. The molecule has 4 rings (SSSR count). The highest BCUT2D eigenvalue weighted by atomic mass is 19.2. The number of anilines is 3. The zero-order valence-electron chi connectivity index (χ0n) is 16.1. The average molecular weight is 395 g/mol. The summed E-state index contributed by atoms with van der Waals surface area (Å²) >= 11 is 0. The van der Waals surface area contributed by atoms with Gasteiger partial charge < -0.3 is 10.2 Å². The van der Waals surface area contributed by atoms with Gasteiger partial charge in [0.25, 0.3) is 0 Å². The van der Waals surface area contributed by atoms with Gasteiger partial charge in [-0.25, -0.2) is 13.8 Å². The summed E-state index contributed by atoms with van der Waals surface area (Å²) in [6, 6.07) is 8.10. The lowest BCUT2D eigenvalue weighted by Crippen LogP contribution is -2.30. The summed E-state index contributed by atoms with van der Waals surface area (Å²) in [4.78, 5) is 6.91. The standard InChI is InChI=1S/C22H23F2N5/c1-15(12-16-8-9-20(25-13-16)29-10-3-2-4-11-29)22-19(14-26-28-22)27-18-7-5-6-17(23)21(18)24/h5-9,13-14,27H,1-4,10-12H2,(H,26,28). The van der Waals surface area contributed by atoms with Gasteiger partial charge in [-0.05, 0) is 48.6 Å². The normalized spacial score (nSPS) is 14.1. The molecule has 0 radical (unpaired) electrons. The molecule has 1 aliphatic rings. The van der Waals surface area contributed by atoms with Crippen LogP contribution in [0.1, 0.15) is 30.5 Å². The fraction of sp³-hybridized carbons (Fsp3) is 0.273. The van der Waals surface area contributed by atoms with Crippen LogP contribution in [0, 0.1) is 11.6 Å². The molecule has 0 aliphatic carbocycles. The minimum atomic E-state index is -0.928. The quantitative estimate of drug-likeness (QED) is 0.612. The van der Waals surface area contributed by atoms with E-state index in [1.807, 2.05) is 12.3 Å². The van der Waals surface area contributed by atoms with Gasteiger partial charge in [0.05, 0.1) is 23.3 Å². The van der Waals surface area contributed by atoms with E-state index in [0.717, 1.165) is 36.1 Å². The van der Waals surface area contributed by atoms with E-state index < -0.39 is 11.6 Å². The van der Waals surface area contributed by atoms with Crippen molar-refractivity contribution in [3.8, 4) is 0 Å². The van der Waals surface area contributed by atoms with Crippen LogP contribution in [0.15, 0.2) is 49.3 Å². The molecule has 150 valence electrons. The highest BCUT2D eigenvalue weighted by molar-refractivity contribution is 5.76. The number of nitrogens with zero attached hydrogens (tertiary/aromatic N) is 3. The molecule has 0 unspecified atom stereocenters. The number of aromatic amines is 1. The predicted molar refractivity (Wildman–Crippen MR) is 111 cm³/mol. The van der Waals surface area contributed by atoms with Crippen molar-refractivity contribution >= 4 is 22.8 Å². The summed E-state index contributed by atoms with van der Waals surface area (Å²) in [6.07, 6.45) is 7.67. The van der Waals surface area contributed by atoms with Gasteiger partial charge >= 0.3 is 0 Å². The summed E-state index contributed by atoms with van der Waals surface area (Å²) in [5.41, 5.74) is 3.03. The zero-order chi connectivity index (χ0) is 20.2. The third kappa shape index (κ3) is 4.29. The summed E-state index contributed by atoms with van der Waals surface area (Å²) in [7, 11) is 0. The van der Waals surface area contributed by atoms with Crippen LogP contribution in [0.3, 0.4) is 0 Å². The van der Waals surface area contributed by atoms with Crippen molar-refractivity contribution in [3.05, 3.63) is 72.2 Å². The third-order valence-corrected chi connectivity index (χ3v) is 5.12. The smallest absolute Gasteiger partial charge is 0.182 e. The van der Waals surface area contributed by atoms with Gasteiger partial charge in [-0.15, -0.1) is 0 Å². The Kier molecular flexibility index (Phi) is 5.55. The van der Waals surface area contributed by atoms with Crippen LogP contribution in [0.4, 0.5) is 26.0 Å². The molecule has 0 spiro atoms. The Morgan fingerprint density at radius 1 is 1.07 bits per heavy atom. The molecular formula is C22H23F2N5. The summed E-state index contributed by atoms with van der Waals surface area (Å²) < 4.78 is 27.4. The Morgan fingerprint density at radius 2 is 1.90 bits per heavy atom. The average Bonchev–Trinajstić information content (AvgIpc) is 3.21. The number of allylic oxidation sites excluding steroid dienone is 1. The molecule has 0 atom stereocenters. The van der Waals surface area contributed by atoms with Gasteiger partial charge in [0.2, 0.25) is 0 Å². The molecular weight excluding hydrogens is 372 g/mol. The van der Waals surface area contributed by atoms with Crippen molar-refractivity contribution in [2.75, 3.05) is 23.3 Å². The Bertz CT molecular complexity index is 991. The van der Waals surface area contributed by atoms with Crippen LogP contribution in [0.25, 0.3) is 5.57 Å². The Balaban J connectivity index is 1.45. The maximum Gasteiger partial charge on any atom is 0.182 e. The second-order valence-electron chi connectivity index (χ2n) is 7.24. The molecule has 1 saturated heterocycles. The van der Waals surface area contributed by atoms with Crippen molar-refractivity contribution in [2.24, 2.45) is 0 Å². The van der Waals surface area contributed by atoms with E-state index in [9.17, 15) is 8.78 Å². The molecule has 3 aromatic rings. The molecule has 5 nitrogen and oxygen atoms in total. The minimum absolute atomic E-state index is 0.0491. The minimum Gasteiger partial charge on any atom is -0.357 e. The van der Waals surface area contributed by atoms with Crippen LogP contribution in [-0.4, -0.2) is 28.3 Å². The van der Waals surface area contributed by atoms with Crippen molar-refractivity contribution < 1.29 is 8.78 Å². The highest BCUT2D eigenvalue weighted by Crippen LogP contribution is 2.28. The molecule has 3 heterocycles. The number of aromatic nitrogens is 3. The number of H-pyrrole nitrogens is 1. The molecule has 1 aliphatic heterocycles. The number of nitrogens with one attached hydrogen (secondary N) is 2. The topological polar surface area (TPSA) is 56.8 Å². The molecule has 2 N–H and O–H groups in total. The number of rotatable bonds is 6. The Labute approximate surface area is 168 Å². The SMILES string of the molecule is C=C(Cc1ccc(N2CCCCC2)nc1)c1[nH]ncc1Nc1cccc(F)c1F. The van der Waals surface area contributed by atoms with E-state index in [2.05, 4.69) is 38.0 Å². The van der Waals surface area contributed by atoms with Gasteiger partial charge in [0.15, 0.2) is 11.6 Å². The third-order valence-electron chi connectivity index (χ3n) is 5.12. The lowest BCUT2D eigenvalue weighted by atomic mass is 10.0. The lowest BCUT2D eigenvalue weighted by Gasteiger charge is -2.27. The van der Waals surface area contributed by atoms with Crippen LogP contribution >= 0.6 is 0 Å². The number of benzene rings is 1. The number of hydrogen-bond donors (Lipinski definition) is 2. The number of halogens is 2. The maximum atomic E-state index is 14.0. The van der Waals surface area contributed by atoms with Crippen LogP contribution in [0.5, 0.6) is 0 Å². The van der Waals surface area contributed by atoms with E-state index in [1.165, 1.54) is 37.6 Å². The molecule has 29 heavy (non-hydrogen) atoms. The maximum absolute atomic E-state index is 14.0. The van der Waals surface area contributed by atoms with Gasteiger partial charge in [0, 0.05) is 25.7 Å². The molecule has 0 amide bonds. The molecule has 1 fully saturated rings. The van der Waals surface area contributed by atoms with Crippen molar-refractivity contribution in [3.63, 3.8) is 0 Å². The molecule has 7 heteroatoms. The number of piperidine rings is 1. The molecule has 0 bridgehead atoms. The van der Waals surface area contributed by atoms with Crippen LogP contribution < -0.4 is 10.2 Å². The highest BCUT2D eigenvalue weighted by Gasteiger charge is 2.15. The van der Waals surface area contributed by atoms with Crippen LogP contribution in [-0.2, 0) is 6.42 Å². The van der Waals surface area contributed by atoms with Crippen molar-refractivity contribution in [1.82, 2.24) is 15.2 Å². The fourth-order valence-electron chi connectivity index (χ4n) is 3.56. The Morgan fingerprint density at radius 3 is 2.66 bits per heavy atom. The first-order chi connectivity index (χ1) is 14.1. The van der Waals surface area contributed by atoms with Gasteiger partial charge in [-0.2, -0.15) is 5.10 Å². The Hall–Kier alpha value is -3.22. The first-order valence-corrected chi connectivity index (χ1v) is 9.74. The van der Waals surface area contributed by atoms with Crippen LogP contribution in [0.2, 0.25) is 0 Å². The second kappa shape index (κ2) is 8.43. The van der Waals surface area contributed by atoms with E-state index in [1.54, 1.807) is 0 Å². The number of pyridine rings is 1. The van der Waals surface area contributed by atoms with Gasteiger partial charge in [0.1, 0.15) is 5.82 Å². The predicted octanol–water partition coefficient (Wildman–Crippen LogP) is 5.07. The largest absolute Gasteiger partial charge is 0.357 e. The van der Waals surface area contributed by atoms with Gasteiger partial charge in [-0.1, -0.05) is 18.7 Å². The van der Waals surface area contributed by atoms with Crippen molar-refractivity contribution in [1.29, 1.82) is 0 Å². The fourth-order valence-corrected chi connectivity index (χ4v) is 3.56. The zero-order valence-corrected chi connectivity index (χ0v) is 16.1. The van der Waals surface area contributed by atoms with E-state index in [4.69, 9.17) is 0 Å². The van der Waals surface area contributed by atoms with Gasteiger partial charge in [-0.3, -0.25) is 5.10 Å². The first-order valence-electron chi connectivity index (χ1n) is 9.74. The number of hydrogen-bond acceptors (Lipinski definition) is 4.